The van der Waals surface area contributed by atoms with E-state index in [9.17, 15) is 14.7 Å². The van der Waals surface area contributed by atoms with Crippen molar-refractivity contribution in [3.63, 3.8) is 0 Å². The van der Waals surface area contributed by atoms with Crippen molar-refractivity contribution in [3.05, 3.63) is 0 Å². The average molecular weight is 311 g/mol. The molecule has 2 heterocycles. The second kappa shape index (κ2) is 9.10. The SMILES string of the molecule is O=C(CCN1CCCCC1=O)NCCN1CCCCC1CO. The lowest BCUT2D eigenvalue weighted by molar-refractivity contribution is -0.133. The highest BCUT2D eigenvalue weighted by molar-refractivity contribution is 5.79. The number of rotatable bonds is 7. The van der Waals surface area contributed by atoms with Gasteiger partial charge in [0.1, 0.15) is 0 Å². The first-order chi connectivity index (χ1) is 10.7. The average Bonchev–Trinajstić information content (AvgIpc) is 2.54. The standard InChI is InChI=1S/C16H29N3O3/c20-13-14-5-1-3-9-18(14)12-8-17-15(21)7-11-19-10-4-2-6-16(19)22/h14,20H,1-13H2,(H,17,21). The van der Waals surface area contributed by atoms with Crippen LogP contribution in [0.3, 0.4) is 0 Å². The number of piperidine rings is 2. The third-order valence-corrected chi connectivity index (χ3v) is 4.71. The predicted molar refractivity (Wildman–Crippen MR) is 84.4 cm³/mol. The zero-order chi connectivity index (χ0) is 15.8. The van der Waals surface area contributed by atoms with Gasteiger partial charge in [-0.15, -0.1) is 0 Å². The fourth-order valence-corrected chi connectivity index (χ4v) is 3.32. The number of hydrogen-bond acceptors (Lipinski definition) is 4. The summed E-state index contributed by atoms with van der Waals surface area (Å²) in [5.74, 6) is 0.189. The molecule has 2 saturated heterocycles. The number of carbonyl (C=O) groups excluding carboxylic acids is 2. The Bertz CT molecular complexity index is 376. The van der Waals surface area contributed by atoms with Crippen LogP contribution in [0.4, 0.5) is 0 Å². The van der Waals surface area contributed by atoms with E-state index < -0.39 is 0 Å². The van der Waals surface area contributed by atoms with Crippen LogP contribution in [0.1, 0.15) is 44.9 Å². The van der Waals surface area contributed by atoms with E-state index in [1.165, 1.54) is 12.8 Å². The molecule has 0 aromatic carbocycles. The summed E-state index contributed by atoms with van der Waals surface area (Å²) < 4.78 is 0. The van der Waals surface area contributed by atoms with Crippen molar-refractivity contribution < 1.29 is 14.7 Å². The first-order valence-corrected chi connectivity index (χ1v) is 8.60. The Morgan fingerprint density at radius 3 is 2.77 bits per heavy atom. The normalized spacial score (nSPS) is 23.6. The van der Waals surface area contributed by atoms with Crippen LogP contribution in [-0.2, 0) is 9.59 Å². The Kier molecular flexibility index (Phi) is 7.12. The van der Waals surface area contributed by atoms with Gasteiger partial charge in [0, 0.05) is 45.1 Å². The van der Waals surface area contributed by atoms with Crippen LogP contribution in [0.5, 0.6) is 0 Å². The number of likely N-dealkylation sites (tertiary alicyclic amines) is 2. The molecule has 2 aliphatic rings. The third kappa shape index (κ3) is 5.25. The molecule has 1 unspecified atom stereocenters. The van der Waals surface area contributed by atoms with E-state index >= 15 is 0 Å². The Morgan fingerprint density at radius 1 is 1.18 bits per heavy atom. The van der Waals surface area contributed by atoms with Crippen LogP contribution in [0.15, 0.2) is 0 Å². The van der Waals surface area contributed by atoms with Gasteiger partial charge in [-0.1, -0.05) is 6.42 Å². The summed E-state index contributed by atoms with van der Waals surface area (Å²) in [5.41, 5.74) is 0. The van der Waals surface area contributed by atoms with E-state index in [0.29, 0.717) is 25.9 Å². The Balaban J connectivity index is 1.60. The fraction of sp³-hybridized carbons (Fsp3) is 0.875. The summed E-state index contributed by atoms with van der Waals surface area (Å²) in [5, 5.41) is 12.3. The molecular formula is C16H29N3O3. The number of hydrogen-bond donors (Lipinski definition) is 2. The molecule has 2 fully saturated rings. The maximum Gasteiger partial charge on any atom is 0.222 e. The summed E-state index contributed by atoms with van der Waals surface area (Å²) in [4.78, 5) is 27.6. The summed E-state index contributed by atoms with van der Waals surface area (Å²) in [6.45, 7) is 3.93. The van der Waals surface area contributed by atoms with Crippen molar-refractivity contribution in [1.29, 1.82) is 0 Å². The zero-order valence-corrected chi connectivity index (χ0v) is 13.4. The molecule has 0 aromatic heterocycles. The largest absolute Gasteiger partial charge is 0.395 e. The van der Waals surface area contributed by atoms with Gasteiger partial charge in [-0.05, 0) is 32.2 Å². The van der Waals surface area contributed by atoms with Crippen molar-refractivity contribution in [2.45, 2.75) is 51.0 Å². The van der Waals surface area contributed by atoms with Crippen LogP contribution in [0, 0.1) is 0 Å². The van der Waals surface area contributed by atoms with Gasteiger partial charge in [0.25, 0.3) is 0 Å². The molecule has 6 heteroatoms. The van der Waals surface area contributed by atoms with Crippen LogP contribution in [-0.4, -0.2) is 72.1 Å². The highest BCUT2D eigenvalue weighted by atomic mass is 16.3. The molecule has 0 saturated carbocycles. The topological polar surface area (TPSA) is 72.9 Å². The molecule has 0 spiro atoms. The molecule has 0 aliphatic carbocycles. The first kappa shape index (κ1) is 17.2. The van der Waals surface area contributed by atoms with E-state index in [-0.39, 0.29) is 24.5 Å². The molecule has 2 aliphatic heterocycles. The summed E-state index contributed by atoms with van der Waals surface area (Å²) in [7, 11) is 0. The van der Waals surface area contributed by atoms with Gasteiger partial charge in [-0.3, -0.25) is 14.5 Å². The summed E-state index contributed by atoms with van der Waals surface area (Å²) >= 11 is 0. The van der Waals surface area contributed by atoms with Gasteiger partial charge in [0.15, 0.2) is 0 Å². The summed E-state index contributed by atoms with van der Waals surface area (Å²) in [6.07, 6.45) is 6.42. The fourth-order valence-electron chi connectivity index (χ4n) is 3.32. The van der Waals surface area contributed by atoms with Crippen molar-refractivity contribution in [3.8, 4) is 0 Å². The van der Waals surface area contributed by atoms with Crippen LogP contribution >= 0.6 is 0 Å². The number of nitrogens with zero attached hydrogens (tertiary/aromatic N) is 2. The van der Waals surface area contributed by atoms with E-state index in [1.54, 1.807) is 4.90 Å². The van der Waals surface area contributed by atoms with Gasteiger partial charge < -0.3 is 15.3 Å². The molecule has 2 rings (SSSR count). The maximum atomic E-state index is 11.9. The van der Waals surface area contributed by atoms with Crippen molar-refractivity contribution in [2.24, 2.45) is 0 Å². The lowest BCUT2D eigenvalue weighted by atomic mass is 10.0. The number of aliphatic hydroxyl groups is 1. The molecular weight excluding hydrogens is 282 g/mol. The van der Waals surface area contributed by atoms with Crippen molar-refractivity contribution >= 4 is 11.8 Å². The predicted octanol–water partition coefficient (Wildman–Crippen LogP) is 0.352. The third-order valence-electron chi connectivity index (χ3n) is 4.71. The zero-order valence-electron chi connectivity index (χ0n) is 13.4. The lowest BCUT2D eigenvalue weighted by Crippen LogP contribution is -2.45. The Hall–Kier alpha value is -1.14. The molecule has 0 aromatic rings. The maximum absolute atomic E-state index is 11.9. The minimum atomic E-state index is 0.0101. The van der Waals surface area contributed by atoms with Gasteiger partial charge in [0.2, 0.25) is 11.8 Å². The molecule has 22 heavy (non-hydrogen) atoms. The van der Waals surface area contributed by atoms with E-state index in [0.717, 1.165) is 38.9 Å². The van der Waals surface area contributed by atoms with Crippen LogP contribution < -0.4 is 5.32 Å². The number of aliphatic hydroxyl groups excluding tert-OH is 1. The molecule has 0 bridgehead atoms. The quantitative estimate of drug-likeness (QED) is 0.712. The summed E-state index contributed by atoms with van der Waals surface area (Å²) in [6, 6.07) is 0.247. The number of nitrogens with one attached hydrogen (secondary N) is 1. The Labute approximate surface area is 132 Å². The molecule has 1 atom stereocenters. The Morgan fingerprint density at radius 2 is 2.00 bits per heavy atom. The molecule has 0 radical (unpaired) electrons. The monoisotopic (exact) mass is 311 g/mol. The highest BCUT2D eigenvalue weighted by Gasteiger charge is 2.21. The van der Waals surface area contributed by atoms with Crippen molar-refractivity contribution in [2.75, 3.05) is 39.3 Å². The van der Waals surface area contributed by atoms with Gasteiger partial charge in [-0.25, -0.2) is 0 Å². The first-order valence-electron chi connectivity index (χ1n) is 8.60. The van der Waals surface area contributed by atoms with Crippen LogP contribution in [0.2, 0.25) is 0 Å². The van der Waals surface area contributed by atoms with Gasteiger partial charge in [-0.2, -0.15) is 0 Å². The van der Waals surface area contributed by atoms with Gasteiger partial charge >= 0.3 is 0 Å². The van der Waals surface area contributed by atoms with Crippen LogP contribution in [0.25, 0.3) is 0 Å². The molecule has 2 N–H and O–H groups in total. The highest BCUT2D eigenvalue weighted by Crippen LogP contribution is 2.15. The van der Waals surface area contributed by atoms with Crippen molar-refractivity contribution in [1.82, 2.24) is 15.1 Å². The molecule has 6 nitrogen and oxygen atoms in total. The second-order valence-electron chi connectivity index (χ2n) is 6.31. The molecule has 126 valence electrons. The molecule has 2 amide bonds. The minimum absolute atomic E-state index is 0.0101. The van der Waals surface area contributed by atoms with E-state index in [4.69, 9.17) is 0 Å². The smallest absolute Gasteiger partial charge is 0.222 e. The lowest BCUT2D eigenvalue weighted by Gasteiger charge is -2.34. The number of carbonyl (C=O) groups is 2. The second-order valence-corrected chi connectivity index (χ2v) is 6.31. The number of amides is 2. The van der Waals surface area contributed by atoms with E-state index in [2.05, 4.69) is 10.2 Å². The van der Waals surface area contributed by atoms with E-state index in [1.807, 2.05) is 0 Å². The minimum Gasteiger partial charge on any atom is -0.395 e. The van der Waals surface area contributed by atoms with Gasteiger partial charge in [0.05, 0.1) is 6.61 Å².